The van der Waals surface area contributed by atoms with E-state index in [2.05, 4.69) is 58.5 Å². The Morgan fingerprint density at radius 2 is 2.05 bits per heavy atom. The van der Waals surface area contributed by atoms with Crippen molar-refractivity contribution in [1.82, 2.24) is 10.6 Å². The zero-order valence-electron chi connectivity index (χ0n) is 11.0. The molecule has 2 atom stereocenters. The molecule has 2 heterocycles. The first kappa shape index (κ1) is 12.9. The van der Waals surface area contributed by atoms with Gasteiger partial charge in [0.2, 0.25) is 0 Å². The summed E-state index contributed by atoms with van der Waals surface area (Å²) in [5.41, 5.74) is 1.39. The van der Waals surface area contributed by atoms with E-state index < -0.39 is 0 Å². The predicted octanol–water partition coefficient (Wildman–Crippen LogP) is 3.33. The smallest absolute Gasteiger partial charge is 0.0476 e. The molecule has 2 nitrogen and oxygen atoms in total. The average Bonchev–Trinajstić information content (AvgIpc) is 3.00. The van der Waals surface area contributed by atoms with Gasteiger partial charge in [-0.2, -0.15) is 0 Å². The van der Waals surface area contributed by atoms with Crippen molar-refractivity contribution in [3.63, 3.8) is 0 Å². The van der Waals surface area contributed by atoms with Crippen LogP contribution in [0.3, 0.4) is 0 Å². The van der Waals surface area contributed by atoms with Gasteiger partial charge in [-0.15, -0.1) is 11.3 Å². The lowest BCUT2D eigenvalue weighted by Crippen LogP contribution is -2.45. The number of piperidine rings is 1. The van der Waals surface area contributed by atoms with E-state index in [1.807, 2.05) is 11.3 Å². The topological polar surface area (TPSA) is 24.1 Å². The molecule has 100 valence electrons. The van der Waals surface area contributed by atoms with Gasteiger partial charge in [0.1, 0.15) is 0 Å². The second kappa shape index (κ2) is 6.33. The van der Waals surface area contributed by atoms with E-state index in [1.165, 1.54) is 23.3 Å². The Hall–Kier alpha value is -1.16. The second-order valence-electron chi connectivity index (χ2n) is 5.05. The van der Waals surface area contributed by atoms with Gasteiger partial charge >= 0.3 is 0 Å². The molecular formula is C16H20N2S. The summed E-state index contributed by atoms with van der Waals surface area (Å²) in [6.07, 6.45) is 2.50. The monoisotopic (exact) mass is 272 g/mol. The molecule has 2 N–H and O–H groups in total. The lowest BCUT2D eigenvalue weighted by Gasteiger charge is -2.33. The third-order valence-electron chi connectivity index (χ3n) is 3.74. The van der Waals surface area contributed by atoms with E-state index >= 15 is 0 Å². The van der Waals surface area contributed by atoms with Gasteiger partial charge in [-0.05, 0) is 36.4 Å². The number of nitrogens with one attached hydrogen (secondary N) is 2. The summed E-state index contributed by atoms with van der Waals surface area (Å²) in [5.74, 6) is 0. The highest BCUT2D eigenvalue weighted by Crippen LogP contribution is 2.24. The zero-order valence-corrected chi connectivity index (χ0v) is 11.8. The van der Waals surface area contributed by atoms with Crippen LogP contribution in [-0.2, 0) is 6.54 Å². The summed E-state index contributed by atoms with van der Waals surface area (Å²) >= 11 is 1.83. The van der Waals surface area contributed by atoms with E-state index in [1.54, 1.807) is 0 Å². The minimum Gasteiger partial charge on any atom is -0.309 e. The van der Waals surface area contributed by atoms with Crippen molar-refractivity contribution in [1.29, 1.82) is 0 Å². The first-order chi connectivity index (χ1) is 9.43. The van der Waals surface area contributed by atoms with Crippen molar-refractivity contribution in [2.45, 2.75) is 31.5 Å². The lowest BCUT2D eigenvalue weighted by molar-refractivity contribution is 0.305. The molecule has 0 radical (unpaired) electrons. The lowest BCUT2D eigenvalue weighted by atomic mass is 9.92. The Morgan fingerprint density at radius 3 is 2.84 bits per heavy atom. The van der Waals surface area contributed by atoms with Gasteiger partial charge in [0.05, 0.1) is 0 Å². The van der Waals surface area contributed by atoms with E-state index in [-0.39, 0.29) is 0 Å². The predicted molar refractivity (Wildman–Crippen MR) is 81.4 cm³/mol. The summed E-state index contributed by atoms with van der Waals surface area (Å²) in [7, 11) is 0. The van der Waals surface area contributed by atoms with Crippen LogP contribution < -0.4 is 10.6 Å². The molecule has 0 spiro atoms. The summed E-state index contributed by atoms with van der Waals surface area (Å²) in [4.78, 5) is 1.41. The molecule has 0 saturated carbocycles. The molecule has 1 fully saturated rings. The molecule has 3 rings (SSSR count). The maximum atomic E-state index is 3.72. The molecule has 3 heteroatoms. The Kier molecular flexibility index (Phi) is 4.28. The standard InChI is InChI=1S/C16H20N2S/c1-2-6-13(7-3-1)16-15(9-4-10-17-16)18-12-14-8-5-11-19-14/h1-3,5-8,11,15-18H,4,9-10,12H2/t15-,16-/m1/s1. The van der Waals surface area contributed by atoms with E-state index in [9.17, 15) is 0 Å². The fourth-order valence-electron chi connectivity index (χ4n) is 2.76. The highest BCUT2D eigenvalue weighted by atomic mass is 32.1. The fourth-order valence-corrected chi connectivity index (χ4v) is 3.42. The maximum absolute atomic E-state index is 3.72. The van der Waals surface area contributed by atoms with Crippen molar-refractivity contribution < 1.29 is 0 Å². The molecule has 0 amide bonds. The molecule has 1 saturated heterocycles. The van der Waals surface area contributed by atoms with Crippen LogP contribution in [-0.4, -0.2) is 12.6 Å². The maximum Gasteiger partial charge on any atom is 0.0476 e. The first-order valence-electron chi connectivity index (χ1n) is 6.97. The van der Waals surface area contributed by atoms with Gasteiger partial charge in [0, 0.05) is 23.5 Å². The quantitative estimate of drug-likeness (QED) is 0.892. The molecular weight excluding hydrogens is 252 g/mol. The minimum absolute atomic E-state index is 0.440. The van der Waals surface area contributed by atoms with Gasteiger partial charge in [0.25, 0.3) is 0 Å². The van der Waals surface area contributed by atoms with Gasteiger partial charge in [-0.1, -0.05) is 36.4 Å². The Bertz CT molecular complexity index is 481. The first-order valence-corrected chi connectivity index (χ1v) is 7.85. The molecule has 0 aliphatic carbocycles. The second-order valence-corrected chi connectivity index (χ2v) is 6.08. The zero-order chi connectivity index (χ0) is 12.9. The molecule has 0 bridgehead atoms. The Labute approximate surface area is 118 Å². The number of hydrogen-bond donors (Lipinski definition) is 2. The van der Waals surface area contributed by atoms with Gasteiger partial charge in [-0.3, -0.25) is 0 Å². The summed E-state index contributed by atoms with van der Waals surface area (Å²) in [5, 5.41) is 9.52. The van der Waals surface area contributed by atoms with Crippen molar-refractivity contribution in [3.8, 4) is 0 Å². The van der Waals surface area contributed by atoms with E-state index in [0.29, 0.717) is 12.1 Å². The molecule has 1 aliphatic heterocycles. The number of hydrogen-bond acceptors (Lipinski definition) is 3. The van der Waals surface area contributed by atoms with Crippen LogP contribution in [0.15, 0.2) is 47.8 Å². The van der Waals surface area contributed by atoms with Crippen LogP contribution in [0.2, 0.25) is 0 Å². The molecule has 1 aromatic carbocycles. The largest absolute Gasteiger partial charge is 0.309 e. The van der Waals surface area contributed by atoms with Gasteiger partial charge in [0.15, 0.2) is 0 Å². The van der Waals surface area contributed by atoms with Gasteiger partial charge < -0.3 is 10.6 Å². The number of benzene rings is 1. The third-order valence-corrected chi connectivity index (χ3v) is 4.61. The van der Waals surface area contributed by atoms with Crippen molar-refractivity contribution in [2.75, 3.05) is 6.54 Å². The Morgan fingerprint density at radius 1 is 1.16 bits per heavy atom. The van der Waals surface area contributed by atoms with Crippen molar-refractivity contribution >= 4 is 11.3 Å². The van der Waals surface area contributed by atoms with Crippen molar-refractivity contribution in [2.24, 2.45) is 0 Å². The van der Waals surface area contributed by atoms with Crippen LogP contribution in [0.5, 0.6) is 0 Å². The third kappa shape index (κ3) is 3.24. The highest BCUT2D eigenvalue weighted by Gasteiger charge is 2.25. The van der Waals surface area contributed by atoms with Crippen LogP contribution in [0.25, 0.3) is 0 Å². The molecule has 19 heavy (non-hydrogen) atoms. The molecule has 2 aromatic rings. The molecule has 1 aromatic heterocycles. The van der Waals surface area contributed by atoms with E-state index in [0.717, 1.165) is 13.1 Å². The number of thiophene rings is 1. The summed E-state index contributed by atoms with van der Waals surface area (Å²) in [6.45, 7) is 2.10. The van der Waals surface area contributed by atoms with E-state index in [4.69, 9.17) is 0 Å². The van der Waals surface area contributed by atoms with Crippen LogP contribution in [0.1, 0.15) is 29.3 Å². The fraction of sp³-hybridized carbons (Fsp3) is 0.375. The average molecular weight is 272 g/mol. The Balaban J connectivity index is 1.67. The van der Waals surface area contributed by atoms with Crippen LogP contribution in [0.4, 0.5) is 0 Å². The van der Waals surface area contributed by atoms with Crippen LogP contribution >= 0.6 is 11.3 Å². The van der Waals surface area contributed by atoms with Gasteiger partial charge in [-0.25, -0.2) is 0 Å². The minimum atomic E-state index is 0.440. The van der Waals surface area contributed by atoms with Crippen molar-refractivity contribution in [3.05, 3.63) is 58.3 Å². The summed E-state index contributed by atoms with van der Waals surface area (Å²) < 4.78 is 0. The molecule has 1 aliphatic rings. The number of rotatable bonds is 4. The normalized spacial score (nSPS) is 23.4. The summed E-state index contributed by atoms with van der Waals surface area (Å²) in [6, 6.07) is 16.1. The SMILES string of the molecule is c1ccc([C@H]2NCCC[C@H]2NCc2cccs2)cc1. The van der Waals surface area contributed by atoms with Crippen LogP contribution in [0, 0.1) is 0 Å². The molecule has 0 unspecified atom stereocenters. The highest BCUT2D eigenvalue weighted by molar-refractivity contribution is 7.09.